The molecule has 0 aliphatic carbocycles. The van der Waals surface area contributed by atoms with Crippen LogP contribution in [0.4, 0.5) is 23.8 Å². The van der Waals surface area contributed by atoms with Gasteiger partial charge < -0.3 is 0 Å². The molecule has 0 spiro atoms. The van der Waals surface area contributed by atoms with Crippen molar-refractivity contribution in [1.29, 1.82) is 0 Å². The molecule has 5 rings (SSSR count). The number of nitrogens with zero attached hydrogens (tertiary/aromatic N) is 4. The second-order valence-corrected chi connectivity index (χ2v) is 12.9. The standard InChI is InChI=1S/C22H23F3IN6OS/c1-12-30-31-20(34-12)13-2-3-14-11-28-19(7-15(14)6-13)29-21(33)32-17-8-16(9-18(32)26-10-17)27-5-4-22(23,24)25/h2-3,6-7,11,16-18,27H,4-5,8-10H2,1H3,(H,28,29,33)/q-1/t16-,17+,18-/m0/s1. The molecule has 2 bridgehead atoms. The summed E-state index contributed by atoms with van der Waals surface area (Å²) in [5.74, 6) is 0.478. The van der Waals surface area contributed by atoms with Gasteiger partial charge in [0.25, 0.3) is 0 Å². The number of piperidine rings is 1. The van der Waals surface area contributed by atoms with Crippen LogP contribution in [-0.4, -0.2) is 59.4 Å². The number of halogens is 4. The van der Waals surface area contributed by atoms with Crippen molar-refractivity contribution in [2.75, 3.05) is 16.3 Å². The Morgan fingerprint density at radius 3 is 2.82 bits per heavy atom. The molecule has 0 saturated carbocycles. The molecular formula is C22H23F3IN6OS-. The number of aryl methyl sites for hydroxylation is 1. The fourth-order valence-electron chi connectivity index (χ4n) is 4.40. The van der Waals surface area contributed by atoms with Crippen LogP contribution in [0.5, 0.6) is 0 Å². The summed E-state index contributed by atoms with van der Waals surface area (Å²) in [5, 5.41) is 17.9. The number of carbonyl (C=O) groups is 1. The molecule has 2 aromatic heterocycles. The van der Waals surface area contributed by atoms with E-state index in [2.05, 4.69) is 25.8 Å². The first-order valence-corrected chi connectivity index (χ1v) is 14.5. The topological polar surface area (TPSA) is 83.0 Å². The van der Waals surface area contributed by atoms with Crippen molar-refractivity contribution in [3.63, 3.8) is 0 Å². The van der Waals surface area contributed by atoms with Gasteiger partial charge in [0.05, 0.1) is 0 Å². The van der Waals surface area contributed by atoms with Gasteiger partial charge in [-0.3, -0.25) is 0 Å². The van der Waals surface area contributed by atoms with Gasteiger partial charge in [-0.2, -0.15) is 0 Å². The molecule has 12 heteroatoms. The van der Waals surface area contributed by atoms with Gasteiger partial charge in [-0.05, 0) is 6.92 Å². The van der Waals surface area contributed by atoms with E-state index in [1.165, 1.54) is 11.3 Å². The Hall–Kier alpha value is -2.06. The predicted molar refractivity (Wildman–Crippen MR) is 120 cm³/mol. The number of pyridine rings is 1. The first kappa shape index (κ1) is 23.7. The molecule has 0 radical (unpaired) electrons. The molecule has 34 heavy (non-hydrogen) atoms. The summed E-state index contributed by atoms with van der Waals surface area (Å²) in [6.45, 7) is 1.84. The number of hydrogen-bond acceptors (Lipinski definition) is 6. The van der Waals surface area contributed by atoms with Crippen LogP contribution < -0.4 is 31.8 Å². The molecule has 182 valence electrons. The molecule has 3 aromatic rings. The summed E-state index contributed by atoms with van der Waals surface area (Å²) in [4.78, 5) is 19.4. The number of urea groups is 1. The molecule has 3 atom stereocenters. The quantitative estimate of drug-likeness (QED) is 0.262. The molecule has 7 nitrogen and oxygen atoms in total. The first-order chi connectivity index (χ1) is 16.2. The Morgan fingerprint density at radius 2 is 2.09 bits per heavy atom. The summed E-state index contributed by atoms with van der Waals surface area (Å²) < 4.78 is 38.5. The summed E-state index contributed by atoms with van der Waals surface area (Å²) in [5.41, 5.74) is 0.962. The van der Waals surface area contributed by atoms with Crippen LogP contribution in [0.15, 0.2) is 30.5 Å². The molecule has 2 aliphatic heterocycles. The van der Waals surface area contributed by atoms with E-state index in [-0.39, 0.29) is 49.9 Å². The van der Waals surface area contributed by atoms with Gasteiger partial charge in [-0.15, -0.1) is 0 Å². The number of anilines is 1. The van der Waals surface area contributed by atoms with Crippen LogP contribution >= 0.6 is 11.3 Å². The van der Waals surface area contributed by atoms with Gasteiger partial charge in [0.1, 0.15) is 0 Å². The summed E-state index contributed by atoms with van der Waals surface area (Å²) in [6.07, 6.45) is -1.84. The van der Waals surface area contributed by atoms with E-state index in [4.69, 9.17) is 0 Å². The van der Waals surface area contributed by atoms with Crippen LogP contribution in [0.25, 0.3) is 21.3 Å². The number of benzene rings is 1. The SMILES string of the molecule is Cc1nnc(-c2ccc3cnc(NC(=O)N4[C@H]5C[I-][C@@H]4C[C@@H](NCCC(F)(F)F)C5)cc3c2)s1. The van der Waals surface area contributed by atoms with Gasteiger partial charge in [0.2, 0.25) is 0 Å². The van der Waals surface area contributed by atoms with Crippen LogP contribution in [0, 0.1) is 6.92 Å². The number of alkyl halides is 5. The fourth-order valence-corrected chi connectivity index (χ4v) is 9.15. The number of rotatable bonds is 5. The van der Waals surface area contributed by atoms with Crippen molar-refractivity contribution in [2.24, 2.45) is 0 Å². The van der Waals surface area contributed by atoms with Crippen LogP contribution in [0.3, 0.4) is 0 Å². The Kier molecular flexibility index (Phi) is 6.64. The van der Waals surface area contributed by atoms with Gasteiger partial charge in [-0.25, -0.2) is 0 Å². The van der Waals surface area contributed by atoms with E-state index in [1.54, 1.807) is 6.20 Å². The van der Waals surface area contributed by atoms with E-state index < -0.39 is 12.6 Å². The van der Waals surface area contributed by atoms with E-state index in [9.17, 15) is 18.0 Å². The second kappa shape index (κ2) is 9.53. The van der Waals surface area contributed by atoms with Crippen molar-refractivity contribution in [2.45, 2.75) is 48.5 Å². The van der Waals surface area contributed by atoms with Gasteiger partial charge in [0.15, 0.2) is 0 Å². The zero-order valence-electron chi connectivity index (χ0n) is 18.3. The number of nitrogens with one attached hydrogen (secondary N) is 2. The summed E-state index contributed by atoms with van der Waals surface area (Å²) in [6, 6.07) is 7.75. The summed E-state index contributed by atoms with van der Waals surface area (Å²) in [7, 11) is 0. The van der Waals surface area contributed by atoms with Crippen molar-refractivity contribution >= 4 is 34.0 Å². The number of amides is 2. The van der Waals surface area contributed by atoms with Gasteiger partial charge in [0, 0.05) is 0 Å². The molecule has 4 heterocycles. The van der Waals surface area contributed by atoms with Crippen molar-refractivity contribution in [3.05, 3.63) is 35.5 Å². The predicted octanol–water partition coefficient (Wildman–Crippen LogP) is 1.40. The third-order valence-corrected chi connectivity index (χ3v) is 10.5. The third-order valence-electron chi connectivity index (χ3n) is 5.98. The average molecular weight is 603 g/mol. The van der Waals surface area contributed by atoms with Gasteiger partial charge in [-0.1, -0.05) is 0 Å². The molecule has 2 N–H and O–H groups in total. The Bertz CT molecular complexity index is 1190. The maximum absolute atomic E-state index is 13.1. The van der Waals surface area contributed by atoms with E-state index >= 15 is 0 Å². The monoisotopic (exact) mass is 603 g/mol. The van der Waals surface area contributed by atoms with Crippen LogP contribution in [0.2, 0.25) is 0 Å². The molecule has 2 fully saturated rings. The summed E-state index contributed by atoms with van der Waals surface area (Å²) >= 11 is 1.32. The third kappa shape index (κ3) is 5.28. The normalized spacial score (nSPS) is 22.6. The van der Waals surface area contributed by atoms with Crippen LogP contribution in [0.1, 0.15) is 24.3 Å². The molecule has 2 aliphatic rings. The molecule has 1 aromatic carbocycles. The first-order valence-electron chi connectivity index (χ1n) is 10.9. The number of hydrogen-bond donors (Lipinski definition) is 2. The Balaban J connectivity index is 1.25. The van der Waals surface area contributed by atoms with Crippen molar-refractivity contribution < 1.29 is 39.2 Å². The zero-order valence-corrected chi connectivity index (χ0v) is 21.2. The molecule has 0 unspecified atom stereocenters. The zero-order chi connectivity index (χ0) is 23.9. The molecular weight excluding hydrogens is 580 g/mol. The van der Waals surface area contributed by atoms with E-state index in [0.717, 1.165) is 30.8 Å². The number of fused-ring (bicyclic) bond motifs is 3. The number of aromatic nitrogens is 3. The number of carbonyl (C=O) groups excluding carboxylic acids is 1. The maximum atomic E-state index is 13.1. The molecule has 2 amide bonds. The minimum absolute atomic E-state index is 0.0322. The minimum atomic E-state index is -4.15. The van der Waals surface area contributed by atoms with Crippen molar-refractivity contribution in [3.8, 4) is 10.6 Å². The fraction of sp³-hybridized carbons (Fsp3) is 0.455. The Labute approximate surface area is 208 Å². The molecule has 2 saturated heterocycles. The van der Waals surface area contributed by atoms with E-state index in [0.29, 0.717) is 18.7 Å². The van der Waals surface area contributed by atoms with Crippen LogP contribution in [-0.2, 0) is 0 Å². The van der Waals surface area contributed by atoms with Crippen molar-refractivity contribution in [1.82, 2.24) is 25.4 Å². The second-order valence-electron chi connectivity index (χ2n) is 8.48. The Morgan fingerprint density at radius 1 is 1.24 bits per heavy atom. The van der Waals surface area contributed by atoms with E-state index in [1.807, 2.05) is 36.1 Å². The van der Waals surface area contributed by atoms with Gasteiger partial charge >= 0.3 is 202 Å². The average Bonchev–Trinajstić information content (AvgIpc) is 3.33.